The van der Waals surface area contributed by atoms with Crippen LogP contribution in [0.1, 0.15) is 40.2 Å². The van der Waals surface area contributed by atoms with Crippen molar-refractivity contribution in [2.75, 3.05) is 18.4 Å². The standard InChI is InChI=1S/C20H19Cl2N3O2S/c1-4-25(5-2)20(27)18-12(3)15(11-23)19(28-18)24-17(26)9-7-13-6-8-14(21)10-16(13)22/h6-10H,4-5H2,1-3H3,(H,24,26). The minimum Gasteiger partial charge on any atom is -0.338 e. The molecular formula is C20H19Cl2N3O2S. The van der Waals surface area contributed by atoms with Crippen molar-refractivity contribution in [3.63, 3.8) is 0 Å². The first-order valence-electron chi connectivity index (χ1n) is 8.59. The molecule has 0 saturated carbocycles. The van der Waals surface area contributed by atoms with Crippen molar-refractivity contribution >= 4 is 57.4 Å². The van der Waals surface area contributed by atoms with Gasteiger partial charge < -0.3 is 10.2 Å². The number of carbonyl (C=O) groups is 2. The van der Waals surface area contributed by atoms with E-state index in [2.05, 4.69) is 11.4 Å². The van der Waals surface area contributed by atoms with Crippen molar-refractivity contribution in [3.8, 4) is 6.07 Å². The average molecular weight is 436 g/mol. The molecule has 8 heteroatoms. The zero-order valence-corrected chi connectivity index (χ0v) is 18.0. The maximum absolute atomic E-state index is 12.6. The van der Waals surface area contributed by atoms with Crippen LogP contribution < -0.4 is 5.32 Å². The zero-order valence-electron chi connectivity index (χ0n) is 15.7. The lowest BCUT2D eigenvalue weighted by Gasteiger charge is -2.17. The van der Waals surface area contributed by atoms with Gasteiger partial charge in [-0.05, 0) is 50.1 Å². The van der Waals surface area contributed by atoms with Gasteiger partial charge in [0.25, 0.3) is 5.91 Å². The van der Waals surface area contributed by atoms with E-state index in [0.717, 1.165) is 11.3 Å². The molecule has 1 aromatic heterocycles. The van der Waals surface area contributed by atoms with Gasteiger partial charge in [-0.15, -0.1) is 11.3 Å². The highest BCUT2D eigenvalue weighted by atomic mass is 35.5. The van der Waals surface area contributed by atoms with Gasteiger partial charge in [0.2, 0.25) is 5.91 Å². The van der Waals surface area contributed by atoms with E-state index in [1.807, 2.05) is 13.8 Å². The summed E-state index contributed by atoms with van der Waals surface area (Å²) in [5.41, 5.74) is 1.51. The quantitative estimate of drug-likeness (QED) is 0.619. The number of nitrogens with zero attached hydrogens (tertiary/aromatic N) is 2. The Kier molecular flexibility index (Phi) is 7.64. The predicted molar refractivity (Wildman–Crippen MR) is 115 cm³/mol. The van der Waals surface area contributed by atoms with E-state index in [1.54, 1.807) is 36.1 Å². The zero-order chi connectivity index (χ0) is 20.8. The smallest absolute Gasteiger partial charge is 0.264 e. The first kappa shape index (κ1) is 22.0. The fourth-order valence-electron chi connectivity index (χ4n) is 2.55. The van der Waals surface area contributed by atoms with Crippen molar-refractivity contribution in [1.29, 1.82) is 5.26 Å². The molecule has 0 atom stereocenters. The first-order valence-corrected chi connectivity index (χ1v) is 10.2. The summed E-state index contributed by atoms with van der Waals surface area (Å²) in [4.78, 5) is 27.1. The Hall–Kier alpha value is -2.33. The average Bonchev–Trinajstić information content (AvgIpc) is 2.97. The number of benzene rings is 1. The molecule has 0 spiro atoms. The van der Waals surface area contributed by atoms with Gasteiger partial charge in [-0.2, -0.15) is 5.26 Å². The normalized spacial score (nSPS) is 10.7. The van der Waals surface area contributed by atoms with Gasteiger partial charge in [0, 0.05) is 29.2 Å². The number of thiophene rings is 1. The van der Waals surface area contributed by atoms with Gasteiger partial charge in [0.15, 0.2) is 0 Å². The van der Waals surface area contributed by atoms with Crippen molar-refractivity contribution < 1.29 is 9.59 Å². The minimum atomic E-state index is -0.425. The van der Waals surface area contributed by atoms with Crippen LogP contribution in [0.15, 0.2) is 24.3 Å². The van der Waals surface area contributed by atoms with Crippen LogP contribution in [0.5, 0.6) is 0 Å². The lowest BCUT2D eigenvalue weighted by molar-refractivity contribution is -0.111. The molecule has 0 radical (unpaired) electrons. The highest BCUT2D eigenvalue weighted by molar-refractivity contribution is 7.18. The Labute approximate surface area is 178 Å². The second kappa shape index (κ2) is 9.74. The first-order chi connectivity index (χ1) is 13.3. The molecule has 1 aromatic carbocycles. The lowest BCUT2D eigenvalue weighted by Crippen LogP contribution is -2.30. The van der Waals surface area contributed by atoms with Crippen molar-refractivity contribution in [2.24, 2.45) is 0 Å². The number of nitriles is 1. The number of carbonyl (C=O) groups excluding carboxylic acids is 2. The van der Waals surface area contributed by atoms with Crippen LogP contribution in [0.25, 0.3) is 6.08 Å². The highest BCUT2D eigenvalue weighted by Crippen LogP contribution is 2.33. The Morgan fingerprint density at radius 3 is 2.54 bits per heavy atom. The van der Waals surface area contributed by atoms with Crippen LogP contribution in [0.2, 0.25) is 10.0 Å². The van der Waals surface area contributed by atoms with Gasteiger partial charge >= 0.3 is 0 Å². The van der Waals surface area contributed by atoms with E-state index in [0.29, 0.717) is 49.7 Å². The fraction of sp³-hybridized carbons (Fsp3) is 0.250. The number of amides is 2. The molecule has 28 heavy (non-hydrogen) atoms. The van der Waals surface area contributed by atoms with Crippen LogP contribution in [0, 0.1) is 18.3 Å². The number of hydrogen-bond acceptors (Lipinski definition) is 4. The van der Waals surface area contributed by atoms with Crippen molar-refractivity contribution in [2.45, 2.75) is 20.8 Å². The summed E-state index contributed by atoms with van der Waals surface area (Å²) >= 11 is 13.1. The van der Waals surface area contributed by atoms with E-state index in [1.165, 1.54) is 6.08 Å². The van der Waals surface area contributed by atoms with Crippen LogP contribution in [0.3, 0.4) is 0 Å². The van der Waals surface area contributed by atoms with Gasteiger partial charge in [-0.1, -0.05) is 29.3 Å². The third-order valence-corrected chi connectivity index (χ3v) is 5.87. The summed E-state index contributed by atoms with van der Waals surface area (Å²) in [5, 5.41) is 13.4. The number of halogens is 2. The van der Waals surface area contributed by atoms with E-state index in [9.17, 15) is 14.9 Å². The molecule has 0 saturated heterocycles. The molecule has 2 rings (SSSR count). The number of nitrogens with one attached hydrogen (secondary N) is 1. The molecular weight excluding hydrogens is 417 g/mol. The summed E-state index contributed by atoms with van der Waals surface area (Å²) in [5.74, 6) is -0.571. The largest absolute Gasteiger partial charge is 0.338 e. The maximum Gasteiger partial charge on any atom is 0.264 e. The molecule has 0 aliphatic rings. The molecule has 0 fully saturated rings. The Morgan fingerprint density at radius 2 is 1.96 bits per heavy atom. The lowest BCUT2D eigenvalue weighted by atomic mass is 10.1. The molecule has 1 N–H and O–H groups in total. The van der Waals surface area contributed by atoms with Crippen LogP contribution in [0.4, 0.5) is 5.00 Å². The van der Waals surface area contributed by atoms with Crippen LogP contribution >= 0.6 is 34.5 Å². The monoisotopic (exact) mass is 435 g/mol. The van der Waals surface area contributed by atoms with Gasteiger partial charge in [0.1, 0.15) is 11.1 Å². The Balaban J connectivity index is 2.24. The van der Waals surface area contributed by atoms with Crippen molar-refractivity contribution in [3.05, 3.63) is 55.9 Å². The third-order valence-electron chi connectivity index (χ3n) is 4.12. The van der Waals surface area contributed by atoms with Gasteiger partial charge in [0.05, 0.1) is 10.4 Å². The number of hydrogen-bond donors (Lipinski definition) is 1. The van der Waals surface area contributed by atoms with E-state index in [-0.39, 0.29) is 5.91 Å². The molecule has 0 bridgehead atoms. The summed E-state index contributed by atoms with van der Waals surface area (Å²) in [6.45, 7) is 6.64. The molecule has 2 aromatic rings. The number of rotatable bonds is 6. The van der Waals surface area contributed by atoms with Crippen LogP contribution in [-0.4, -0.2) is 29.8 Å². The van der Waals surface area contributed by atoms with Gasteiger partial charge in [-0.25, -0.2) is 0 Å². The van der Waals surface area contributed by atoms with E-state index in [4.69, 9.17) is 23.2 Å². The topological polar surface area (TPSA) is 73.2 Å². The third kappa shape index (κ3) is 4.93. The maximum atomic E-state index is 12.6. The molecule has 1 heterocycles. The Bertz CT molecular complexity index is 973. The Morgan fingerprint density at radius 1 is 1.29 bits per heavy atom. The van der Waals surface area contributed by atoms with E-state index < -0.39 is 5.91 Å². The summed E-state index contributed by atoms with van der Waals surface area (Å²) in [7, 11) is 0. The summed E-state index contributed by atoms with van der Waals surface area (Å²) in [6, 6.07) is 7.03. The molecule has 0 aliphatic carbocycles. The van der Waals surface area contributed by atoms with Crippen LogP contribution in [-0.2, 0) is 4.79 Å². The minimum absolute atomic E-state index is 0.145. The molecule has 146 valence electrons. The molecule has 0 aliphatic heterocycles. The van der Waals surface area contributed by atoms with Crippen molar-refractivity contribution in [1.82, 2.24) is 4.90 Å². The highest BCUT2D eigenvalue weighted by Gasteiger charge is 2.23. The fourth-order valence-corrected chi connectivity index (χ4v) is 4.15. The molecule has 0 unspecified atom stereocenters. The second-order valence-corrected chi connectivity index (χ2v) is 7.70. The second-order valence-electron chi connectivity index (χ2n) is 5.84. The summed E-state index contributed by atoms with van der Waals surface area (Å²) < 4.78 is 0. The molecule has 2 amide bonds. The number of anilines is 1. The summed E-state index contributed by atoms with van der Waals surface area (Å²) in [6.07, 6.45) is 2.87. The predicted octanol–water partition coefficient (Wildman–Crippen LogP) is 5.37. The molecule has 5 nitrogen and oxygen atoms in total. The SMILES string of the molecule is CCN(CC)C(=O)c1sc(NC(=O)C=Cc2ccc(Cl)cc2Cl)c(C#N)c1C. The van der Waals surface area contributed by atoms with E-state index >= 15 is 0 Å². The van der Waals surface area contributed by atoms with Gasteiger partial charge in [-0.3, -0.25) is 9.59 Å².